The molecular formula is C34H30N2O4. The van der Waals surface area contributed by atoms with Crippen LogP contribution in [0.15, 0.2) is 106 Å². The highest BCUT2D eigenvalue weighted by Crippen LogP contribution is 2.34. The lowest BCUT2D eigenvalue weighted by molar-refractivity contribution is -0.113. The number of nitrogens with one attached hydrogen (secondary N) is 1. The van der Waals surface area contributed by atoms with Gasteiger partial charge in [0.15, 0.2) is 23.1 Å². The van der Waals surface area contributed by atoms with E-state index in [1.54, 1.807) is 48.6 Å². The van der Waals surface area contributed by atoms with Gasteiger partial charge in [0.2, 0.25) is 0 Å². The molecule has 40 heavy (non-hydrogen) atoms. The Bertz CT molecular complexity index is 1690. The van der Waals surface area contributed by atoms with Crippen LogP contribution in [0.25, 0.3) is 0 Å². The number of para-hydroxylation sites is 1. The van der Waals surface area contributed by atoms with Gasteiger partial charge in [-0.2, -0.15) is 0 Å². The molecule has 0 saturated heterocycles. The summed E-state index contributed by atoms with van der Waals surface area (Å²) >= 11 is 0. The zero-order chi connectivity index (χ0) is 28.6. The monoisotopic (exact) mass is 530 g/mol. The summed E-state index contributed by atoms with van der Waals surface area (Å²) in [7, 11) is 0. The maximum absolute atomic E-state index is 13.7. The number of benzene rings is 2. The molecule has 0 heterocycles. The molecule has 200 valence electrons. The first kappa shape index (κ1) is 26.8. The maximum Gasteiger partial charge on any atom is 0.195 e. The first-order chi connectivity index (χ1) is 19.2. The number of hydrogen-bond donors (Lipinski definition) is 2. The van der Waals surface area contributed by atoms with Gasteiger partial charge in [0.1, 0.15) is 0 Å². The molecule has 2 aromatic rings. The average molecular weight is 531 g/mol. The topological polar surface area (TPSA) is 106 Å². The Kier molecular flexibility index (Phi) is 7.18. The minimum Gasteiger partial charge on any atom is -0.401 e. The van der Waals surface area contributed by atoms with Crippen LogP contribution in [0.1, 0.15) is 62.0 Å². The molecule has 0 bridgehead atoms. The lowest BCUT2D eigenvalue weighted by Crippen LogP contribution is -2.23. The van der Waals surface area contributed by atoms with Crippen molar-refractivity contribution in [2.24, 2.45) is 5.73 Å². The predicted octanol–water partition coefficient (Wildman–Crippen LogP) is 5.85. The number of carbonyl (C=O) groups excluding carboxylic acids is 4. The molecule has 3 aliphatic rings. The summed E-state index contributed by atoms with van der Waals surface area (Å²) < 4.78 is 0. The first-order valence-corrected chi connectivity index (χ1v) is 13.2. The van der Waals surface area contributed by atoms with Gasteiger partial charge in [-0.15, -0.1) is 0 Å². The molecule has 2 aromatic carbocycles. The molecule has 0 fully saturated rings. The van der Waals surface area contributed by atoms with E-state index in [9.17, 15) is 19.2 Å². The third kappa shape index (κ3) is 4.73. The van der Waals surface area contributed by atoms with Crippen molar-refractivity contribution in [1.82, 2.24) is 0 Å². The molecule has 5 rings (SSSR count). The Morgan fingerprint density at radius 3 is 2.48 bits per heavy atom. The van der Waals surface area contributed by atoms with Crippen molar-refractivity contribution in [3.63, 3.8) is 0 Å². The van der Waals surface area contributed by atoms with Crippen molar-refractivity contribution in [1.29, 1.82) is 0 Å². The number of rotatable bonds is 6. The van der Waals surface area contributed by atoms with E-state index in [0.29, 0.717) is 56.8 Å². The molecule has 0 unspecified atom stereocenters. The third-order valence-corrected chi connectivity index (χ3v) is 7.56. The molecule has 3 aliphatic carbocycles. The number of allylic oxidation sites excluding steroid dienone is 9. The SMILES string of the molecule is CC(=O)C1=CC=CCC=C1C(=O)c1cccc(C)c1NCC1=C(N)CC2=C(C=C1)C(=O)c1cccc(C)c1C2=O. The lowest BCUT2D eigenvalue weighted by atomic mass is 9.81. The van der Waals surface area contributed by atoms with E-state index in [-0.39, 0.29) is 36.1 Å². The summed E-state index contributed by atoms with van der Waals surface area (Å²) in [6, 6.07) is 10.8. The molecule has 3 N–H and O–H groups in total. The van der Waals surface area contributed by atoms with Crippen molar-refractivity contribution < 1.29 is 19.2 Å². The second-order valence-corrected chi connectivity index (χ2v) is 10.2. The number of aryl methyl sites for hydroxylation is 2. The fourth-order valence-electron chi connectivity index (χ4n) is 5.40. The van der Waals surface area contributed by atoms with Crippen LogP contribution < -0.4 is 11.1 Å². The van der Waals surface area contributed by atoms with E-state index in [4.69, 9.17) is 5.73 Å². The van der Waals surface area contributed by atoms with Gasteiger partial charge < -0.3 is 11.1 Å². The second-order valence-electron chi connectivity index (χ2n) is 10.2. The van der Waals surface area contributed by atoms with Gasteiger partial charge in [-0.05, 0) is 50.0 Å². The molecule has 0 amide bonds. The van der Waals surface area contributed by atoms with Gasteiger partial charge in [-0.1, -0.05) is 66.8 Å². The first-order valence-electron chi connectivity index (χ1n) is 13.2. The minimum absolute atomic E-state index is 0.157. The summed E-state index contributed by atoms with van der Waals surface area (Å²) in [6.45, 7) is 5.46. The number of anilines is 1. The fourth-order valence-corrected chi connectivity index (χ4v) is 5.40. The number of Topliss-reactive ketones (excluding diaryl/α,β-unsaturated/α-hetero) is 4. The highest BCUT2D eigenvalue weighted by Gasteiger charge is 2.33. The summed E-state index contributed by atoms with van der Waals surface area (Å²) in [6.07, 6.45) is 11.3. The van der Waals surface area contributed by atoms with Gasteiger partial charge >= 0.3 is 0 Å². The van der Waals surface area contributed by atoms with E-state index in [1.807, 2.05) is 38.1 Å². The largest absolute Gasteiger partial charge is 0.401 e. The number of carbonyl (C=O) groups is 4. The van der Waals surface area contributed by atoms with Crippen molar-refractivity contribution in [2.75, 3.05) is 11.9 Å². The average Bonchev–Trinajstić information content (AvgIpc) is 3.28. The summed E-state index contributed by atoms with van der Waals surface area (Å²) in [5.41, 5.74) is 12.8. The van der Waals surface area contributed by atoms with Gasteiger partial charge in [-0.25, -0.2) is 0 Å². The molecule has 0 aromatic heterocycles. The van der Waals surface area contributed by atoms with Crippen molar-refractivity contribution >= 4 is 28.8 Å². The summed E-state index contributed by atoms with van der Waals surface area (Å²) in [4.78, 5) is 52.7. The van der Waals surface area contributed by atoms with Gasteiger partial charge in [0.25, 0.3) is 0 Å². The van der Waals surface area contributed by atoms with E-state index < -0.39 is 0 Å². The Hall–Kier alpha value is -4.84. The number of ketones is 4. The lowest BCUT2D eigenvalue weighted by Gasteiger charge is -2.20. The van der Waals surface area contributed by atoms with Crippen molar-refractivity contribution in [2.45, 2.75) is 33.6 Å². The third-order valence-electron chi connectivity index (χ3n) is 7.56. The predicted molar refractivity (Wildman–Crippen MR) is 156 cm³/mol. The summed E-state index contributed by atoms with van der Waals surface area (Å²) in [5.74, 6) is -0.764. The van der Waals surface area contributed by atoms with Crippen LogP contribution in [0.4, 0.5) is 5.69 Å². The fraction of sp³-hybridized carbons (Fsp3) is 0.176. The second kappa shape index (κ2) is 10.7. The maximum atomic E-state index is 13.7. The van der Waals surface area contributed by atoms with Gasteiger partial charge in [0, 0.05) is 63.3 Å². The van der Waals surface area contributed by atoms with E-state index in [0.717, 1.165) is 16.7 Å². The van der Waals surface area contributed by atoms with Gasteiger partial charge in [-0.3, -0.25) is 19.2 Å². The van der Waals surface area contributed by atoms with Gasteiger partial charge in [0.05, 0.1) is 0 Å². The van der Waals surface area contributed by atoms with Crippen LogP contribution in [-0.4, -0.2) is 29.7 Å². The minimum atomic E-state index is -0.240. The molecule has 0 atom stereocenters. The standard InChI is InChI=1S/C34H30N2O4/c1-19-9-7-13-26-30(19)34(40)28-17-29(35)22(15-16-25(28)32(26)38)18-36-31-20(2)10-8-14-27(31)33(39)24-12-6-4-5-11-23(24)21(3)37/h4-5,7-16,36H,6,17-18,35H2,1-3H3. The summed E-state index contributed by atoms with van der Waals surface area (Å²) in [5, 5.41) is 3.37. The van der Waals surface area contributed by atoms with Crippen LogP contribution in [0.3, 0.4) is 0 Å². The Morgan fingerprint density at radius 2 is 1.70 bits per heavy atom. The number of fused-ring (bicyclic) bond motifs is 1. The molecule has 0 spiro atoms. The van der Waals surface area contributed by atoms with Crippen LogP contribution in [-0.2, 0) is 4.79 Å². The zero-order valence-electron chi connectivity index (χ0n) is 22.8. The highest BCUT2D eigenvalue weighted by atomic mass is 16.1. The molecule has 0 radical (unpaired) electrons. The Balaban J connectivity index is 1.43. The number of hydrogen-bond acceptors (Lipinski definition) is 6. The van der Waals surface area contributed by atoms with Crippen molar-refractivity contribution in [3.05, 3.63) is 134 Å². The van der Waals surface area contributed by atoms with E-state index in [2.05, 4.69) is 5.32 Å². The highest BCUT2D eigenvalue weighted by molar-refractivity contribution is 6.28. The molecule has 6 nitrogen and oxygen atoms in total. The molecule has 6 heteroatoms. The quantitative estimate of drug-likeness (QED) is 0.454. The molecule has 0 aliphatic heterocycles. The van der Waals surface area contributed by atoms with E-state index in [1.165, 1.54) is 6.92 Å². The van der Waals surface area contributed by atoms with Crippen LogP contribution in [0, 0.1) is 13.8 Å². The molecule has 0 saturated carbocycles. The van der Waals surface area contributed by atoms with E-state index >= 15 is 0 Å². The normalized spacial score (nSPS) is 16.6. The number of nitrogens with two attached hydrogens (primary N) is 1. The Labute approximate surface area is 233 Å². The van der Waals surface area contributed by atoms with Crippen LogP contribution >= 0.6 is 0 Å². The van der Waals surface area contributed by atoms with Crippen LogP contribution in [0.5, 0.6) is 0 Å². The smallest absolute Gasteiger partial charge is 0.195 e. The molecular weight excluding hydrogens is 500 g/mol. The van der Waals surface area contributed by atoms with Crippen molar-refractivity contribution in [3.8, 4) is 0 Å². The van der Waals surface area contributed by atoms with Crippen LogP contribution in [0.2, 0.25) is 0 Å². The Morgan fingerprint density at radius 1 is 0.950 bits per heavy atom. The zero-order valence-corrected chi connectivity index (χ0v) is 22.8.